The first kappa shape index (κ1) is 21.0. The van der Waals surface area contributed by atoms with E-state index in [0.29, 0.717) is 30.3 Å². The fourth-order valence-electron chi connectivity index (χ4n) is 4.14. The summed E-state index contributed by atoms with van der Waals surface area (Å²) in [6.07, 6.45) is 3.34. The van der Waals surface area contributed by atoms with E-state index in [1.54, 1.807) is 26.6 Å². The molecule has 1 aromatic carbocycles. The Labute approximate surface area is 190 Å². The molecule has 4 heterocycles. The van der Waals surface area contributed by atoms with Gasteiger partial charge in [-0.2, -0.15) is 0 Å². The van der Waals surface area contributed by atoms with Crippen molar-refractivity contribution in [3.8, 4) is 11.5 Å². The number of aromatic nitrogens is 3. The number of anilines is 3. The number of carbonyl (C=O) groups is 1. The van der Waals surface area contributed by atoms with E-state index in [0.717, 1.165) is 43.0 Å². The third-order valence-corrected chi connectivity index (χ3v) is 5.81. The zero-order chi connectivity index (χ0) is 22.8. The van der Waals surface area contributed by atoms with Crippen molar-refractivity contribution in [2.75, 3.05) is 55.5 Å². The number of hydrogen-bond donors (Lipinski definition) is 2. The molecule has 0 unspecified atom stereocenters. The molecule has 2 aliphatic rings. The molecular formula is C22H25N7O4. The number of pyridine rings is 1. The van der Waals surface area contributed by atoms with Gasteiger partial charge in [-0.1, -0.05) is 5.10 Å². The van der Waals surface area contributed by atoms with E-state index < -0.39 is 5.91 Å². The molecule has 2 aliphatic heterocycles. The van der Waals surface area contributed by atoms with Crippen LogP contribution in [0.1, 0.15) is 21.8 Å². The van der Waals surface area contributed by atoms with E-state index in [1.807, 2.05) is 23.1 Å². The number of carbonyl (C=O) groups excluding carboxylic acids is 1. The van der Waals surface area contributed by atoms with Crippen LogP contribution in [0.3, 0.4) is 0 Å². The lowest BCUT2D eigenvalue weighted by Crippen LogP contribution is -2.43. The molecule has 1 saturated heterocycles. The van der Waals surface area contributed by atoms with Gasteiger partial charge in [0.1, 0.15) is 0 Å². The van der Waals surface area contributed by atoms with Gasteiger partial charge >= 0.3 is 17.8 Å². The minimum Gasteiger partial charge on any atom is -0.493 e. The largest absolute Gasteiger partial charge is 0.493 e. The lowest BCUT2D eigenvalue weighted by molar-refractivity contribution is 0.0990. The minimum atomic E-state index is -0.474. The van der Waals surface area contributed by atoms with Gasteiger partial charge in [-0.15, -0.1) is 5.10 Å². The van der Waals surface area contributed by atoms with Crippen molar-refractivity contribution in [2.45, 2.75) is 13.1 Å². The third kappa shape index (κ3) is 4.14. The number of hydrogen-bond acceptors (Lipinski definition) is 10. The highest BCUT2D eigenvalue weighted by molar-refractivity contribution is 6.02. The van der Waals surface area contributed by atoms with Crippen molar-refractivity contribution < 1.29 is 18.7 Å². The molecule has 0 bridgehead atoms. The second kappa shape index (κ2) is 8.94. The maximum atomic E-state index is 12.8. The number of piperazine rings is 1. The number of benzene rings is 1. The molecule has 11 heteroatoms. The number of nitrogens with zero attached hydrogens (tertiary/aromatic N) is 5. The first-order chi connectivity index (χ1) is 16.2. The maximum absolute atomic E-state index is 12.8. The molecule has 0 radical (unpaired) electrons. The lowest BCUT2D eigenvalue weighted by atomic mass is 10.1. The van der Waals surface area contributed by atoms with Gasteiger partial charge in [0.2, 0.25) is 0 Å². The Bertz CT molecular complexity index is 1130. The van der Waals surface area contributed by atoms with Crippen LogP contribution < -0.4 is 29.9 Å². The predicted octanol–water partition coefficient (Wildman–Crippen LogP) is 1.66. The first-order valence-electron chi connectivity index (χ1n) is 10.7. The van der Waals surface area contributed by atoms with Gasteiger partial charge in [-0.3, -0.25) is 9.78 Å². The lowest BCUT2D eigenvalue weighted by Gasteiger charge is -2.30. The number of methoxy groups -OCH3 is 2. The molecular weight excluding hydrogens is 426 g/mol. The second-order valence-electron chi connectivity index (χ2n) is 7.81. The highest BCUT2D eigenvalue weighted by Crippen LogP contribution is 2.36. The number of ether oxygens (including phenoxy) is 2. The monoisotopic (exact) mass is 451 g/mol. The van der Waals surface area contributed by atoms with E-state index in [4.69, 9.17) is 13.9 Å². The normalized spacial score (nSPS) is 15.3. The van der Waals surface area contributed by atoms with Gasteiger partial charge in [0.05, 0.1) is 31.8 Å². The summed E-state index contributed by atoms with van der Waals surface area (Å²) in [5.74, 6) is 0.755. The number of rotatable bonds is 6. The van der Waals surface area contributed by atoms with Crippen LogP contribution in [0, 0.1) is 0 Å². The molecule has 0 atom stereocenters. The number of nitrogens with one attached hydrogen (secondary N) is 2. The Kier molecular flexibility index (Phi) is 5.69. The Balaban J connectivity index is 1.30. The summed E-state index contributed by atoms with van der Waals surface area (Å²) >= 11 is 0. The quantitative estimate of drug-likeness (QED) is 0.573. The van der Waals surface area contributed by atoms with Crippen LogP contribution in [0.2, 0.25) is 0 Å². The Morgan fingerprint density at radius 1 is 1.06 bits per heavy atom. The van der Waals surface area contributed by atoms with Crippen LogP contribution in [0.15, 0.2) is 35.0 Å². The predicted molar refractivity (Wildman–Crippen MR) is 121 cm³/mol. The van der Waals surface area contributed by atoms with Gasteiger partial charge in [0.15, 0.2) is 11.5 Å². The van der Waals surface area contributed by atoms with Gasteiger partial charge < -0.3 is 34.3 Å². The van der Waals surface area contributed by atoms with Crippen molar-refractivity contribution in [3.05, 3.63) is 47.6 Å². The fourth-order valence-corrected chi connectivity index (χ4v) is 4.14. The Morgan fingerprint density at radius 3 is 2.42 bits per heavy atom. The molecule has 5 rings (SSSR count). The first-order valence-corrected chi connectivity index (χ1v) is 10.7. The van der Waals surface area contributed by atoms with Gasteiger partial charge in [0, 0.05) is 45.5 Å². The molecule has 33 heavy (non-hydrogen) atoms. The third-order valence-electron chi connectivity index (χ3n) is 5.81. The zero-order valence-corrected chi connectivity index (χ0v) is 18.5. The SMILES string of the molecule is COc1cc2c(cc1OC)CN(c1nnc(C(=O)Nc3cnccc3N3CCNCC3)o1)C2. The molecule has 2 aromatic heterocycles. The van der Waals surface area contributed by atoms with Crippen LogP contribution in [0.25, 0.3) is 0 Å². The minimum absolute atomic E-state index is 0.105. The van der Waals surface area contributed by atoms with Gasteiger partial charge in [-0.05, 0) is 29.3 Å². The summed E-state index contributed by atoms with van der Waals surface area (Å²) < 4.78 is 16.5. The number of fused-ring (bicyclic) bond motifs is 1. The van der Waals surface area contributed by atoms with Crippen LogP contribution in [0.5, 0.6) is 11.5 Å². The van der Waals surface area contributed by atoms with E-state index >= 15 is 0 Å². The summed E-state index contributed by atoms with van der Waals surface area (Å²) in [4.78, 5) is 21.1. The van der Waals surface area contributed by atoms with Crippen molar-refractivity contribution in [1.29, 1.82) is 0 Å². The zero-order valence-electron chi connectivity index (χ0n) is 18.5. The Morgan fingerprint density at radius 2 is 1.76 bits per heavy atom. The highest BCUT2D eigenvalue weighted by Gasteiger charge is 2.27. The summed E-state index contributed by atoms with van der Waals surface area (Å²) in [6, 6.07) is 6.06. The molecule has 1 amide bonds. The van der Waals surface area contributed by atoms with Crippen LogP contribution in [0.4, 0.5) is 17.4 Å². The van der Waals surface area contributed by atoms with E-state index in [9.17, 15) is 4.79 Å². The summed E-state index contributed by atoms with van der Waals surface area (Å²) in [5.41, 5.74) is 3.68. The molecule has 2 N–H and O–H groups in total. The summed E-state index contributed by atoms with van der Waals surface area (Å²) in [7, 11) is 3.21. The van der Waals surface area contributed by atoms with Gasteiger partial charge in [-0.25, -0.2) is 0 Å². The average molecular weight is 451 g/mol. The van der Waals surface area contributed by atoms with Crippen molar-refractivity contribution >= 4 is 23.3 Å². The highest BCUT2D eigenvalue weighted by atomic mass is 16.5. The molecule has 0 aliphatic carbocycles. The standard InChI is InChI=1S/C22H25N7O4/c1-31-18-9-14-12-29(13-15(14)10-19(18)32-2)22-27-26-21(33-22)20(30)25-16-11-24-4-3-17(16)28-7-5-23-6-8-28/h3-4,9-11,23H,5-8,12-13H2,1-2H3,(H,25,30). The molecule has 172 valence electrons. The van der Waals surface area contributed by atoms with Crippen LogP contribution >= 0.6 is 0 Å². The molecule has 0 saturated carbocycles. The smallest absolute Gasteiger partial charge is 0.319 e. The summed E-state index contributed by atoms with van der Waals surface area (Å²) in [5, 5.41) is 14.2. The summed E-state index contributed by atoms with van der Waals surface area (Å²) in [6.45, 7) is 4.60. The second-order valence-corrected chi connectivity index (χ2v) is 7.81. The van der Waals surface area contributed by atoms with Crippen LogP contribution in [-0.2, 0) is 13.1 Å². The molecule has 0 spiro atoms. The molecule has 11 nitrogen and oxygen atoms in total. The van der Waals surface area contributed by atoms with E-state index in [1.165, 1.54) is 0 Å². The van der Waals surface area contributed by atoms with Crippen molar-refractivity contribution in [2.24, 2.45) is 0 Å². The molecule has 3 aromatic rings. The number of amides is 1. The average Bonchev–Trinajstić information content (AvgIpc) is 3.51. The van der Waals surface area contributed by atoms with Crippen LogP contribution in [-0.4, -0.2) is 61.5 Å². The van der Waals surface area contributed by atoms with Gasteiger partial charge in [0.25, 0.3) is 0 Å². The molecule has 1 fully saturated rings. The maximum Gasteiger partial charge on any atom is 0.319 e. The topological polar surface area (TPSA) is 118 Å². The fraction of sp³-hybridized carbons (Fsp3) is 0.364. The van der Waals surface area contributed by atoms with E-state index in [-0.39, 0.29) is 11.9 Å². The van der Waals surface area contributed by atoms with Crippen molar-refractivity contribution in [1.82, 2.24) is 20.5 Å². The van der Waals surface area contributed by atoms with E-state index in [2.05, 4.69) is 30.7 Å². The van der Waals surface area contributed by atoms with Crippen molar-refractivity contribution in [3.63, 3.8) is 0 Å². The Hall–Kier alpha value is -3.86.